The van der Waals surface area contributed by atoms with Gasteiger partial charge in [0, 0.05) is 18.8 Å². The summed E-state index contributed by atoms with van der Waals surface area (Å²) < 4.78 is 1.84. The van der Waals surface area contributed by atoms with Crippen LogP contribution in [-0.4, -0.2) is 30.6 Å². The van der Waals surface area contributed by atoms with Crippen LogP contribution >= 0.6 is 0 Å². The molecule has 88 valence electrons. The molecule has 0 aliphatic rings. The Morgan fingerprint density at radius 3 is 2.82 bits per heavy atom. The van der Waals surface area contributed by atoms with Gasteiger partial charge in [0.15, 0.2) is 11.7 Å². The lowest BCUT2D eigenvalue weighted by molar-refractivity contribution is 0.318. The van der Waals surface area contributed by atoms with E-state index in [-0.39, 0.29) is 5.84 Å². The second kappa shape index (κ2) is 4.60. The Hall–Kier alpha value is -2.44. The zero-order chi connectivity index (χ0) is 12.3. The summed E-state index contributed by atoms with van der Waals surface area (Å²) in [7, 11) is 0. The lowest BCUT2D eigenvalue weighted by Crippen LogP contribution is -2.16. The SMILES string of the molecule is CCc1nccn1-c1cnc(C(N)=NO)cn1. The predicted molar refractivity (Wildman–Crippen MR) is 61.0 cm³/mol. The van der Waals surface area contributed by atoms with E-state index < -0.39 is 0 Å². The van der Waals surface area contributed by atoms with Gasteiger partial charge in [-0.15, -0.1) is 0 Å². The van der Waals surface area contributed by atoms with Gasteiger partial charge in [-0.2, -0.15) is 0 Å². The molecular formula is C10H12N6O. The van der Waals surface area contributed by atoms with Crippen LogP contribution in [0.2, 0.25) is 0 Å². The summed E-state index contributed by atoms with van der Waals surface area (Å²) in [5.74, 6) is 1.48. The van der Waals surface area contributed by atoms with Gasteiger partial charge >= 0.3 is 0 Å². The van der Waals surface area contributed by atoms with Crippen LogP contribution in [-0.2, 0) is 6.42 Å². The Labute approximate surface area is 97.6 Å². The van der Waals surface area contributed by atoms with Gasteiger partial charge in [-0.05, 0) is 0 Å². The Bertz CT molecular complexity index is 530. The third kappa shape index (κ3) is 2.07. The second-order valence-electron chi connectivity index (χ2n) is 3.31. The van der Waals surface area contributed by atoms with Gasteiger partial charge in [0.2, 0.25) is 0 Å². The van der Waals surface area contributed by atoms with Gasteiger partial charge in [-0.3, -0.25) is 4.57 Å². The van der Waals surface area contributed by atoms with Crippen LogP contribution in [0.25, 0.3) is 5.82 Å². The van der Waals surface area contributed by atoms with Crippen LogP contribution < -0.4 is 5.73 Å². The molecule has 3 N–H and O–H groups in total. The molecule has 0 atom stereocenters. The zero-order valence-electron chi connectivity index (χ0n) is 9.28. The van der Waals surface area contributed by atoms with Crippen molar-refractivity contribution in [3.05, 3.63) is 36.3 Å². The molecule has 2 rings (SSSR count). The molecule has 0 fully saturated rings. The first-order chi connectivity index (χ1) is 8.26. The number of imidazole rings is 1. The molecule has 0 spiro atoms. The molecule has 0 aromatic carbocycles. The Balaban J connectivity index is 2.36. The molecule has 2 aromatic heterocycles. The minimum absolute atomic E-state index is 0.0644. The van der Waals surface area contributed by atoms with Crippen molar-refractivity contribution in [2.24, 2.45) is 10.9 Å². The van der Waals surface area contributed by atoms with Crippen molar-refractivity contribution in [1.29, 1.82) is 0 Å². The highest BCUT2D eigenvalue weighted by Crippen LogP contribution is 2.07. The molecule has 0 bridgehead atoms. The summed E-state index contributed by atoms with van der Waals surface area (Å²) in [5, 5.41) is 11.4. The van der Waals surface area contributed by atoms with E-state index in [2.05, 4.69) is 20.1 Å². The molecule has 0 unspecified atom stereocenters. The molecule has 7 heteroatoms. The monoisotopic (exact) mass is 232 g/mol. The Kier molecular flexibility index (Phi) is 2.99. The van der Waals surface area contributed by atoms with Crippen LogP contribution in [0.5, 0.6) is 0 Å². The fourth-order valence-corrected chi connectivity index (χ4v) is 1.43. The molecule has 0 aliphatic carbocycles. The van der Waals surface area contributed by atoms with E-state index in [4.69, 9.17) is 10.9 Å². The smallest absolute Gasteiger partial charge is 0.190 e. The molecular weight excluding hydrogens is 220 g/mol. The van der Waals surface area contributed by atoms with E-state index in [1.165, 1.54) is 6.20 Å². The van der Waals surface area contributed by atoms with Crippen LogP contribution in [0.4, 0.5) is 0 Å². The van der Waals surface area contributed by atoms with E-state index in [1.54, 1.807) is 12.4 Å². The number of hydrogen-bond donors (Lipinski definition) is 2. The lowest BCUT2D eigenvalue weighted by Gasteiger charge is -2.05. The molecule has 0 aliphatic heterocycles. The fourth-order valence-electron chi connectivity index (χ4n) is 1.43. The van der Waals surface area contributed by atoms with E-state index in [0.717, 1.165) is 12.2 Å². The maximum absolute atomic E-state index is 8.50. The summed E-state index contributed by atoms with van der Waals surface area (Å²) >= 11 is 0. The predicted octanol–water partition coefficient (Wildman–Crippen LogP) is 0.319. The van der Waals surface area contributed by atoms with Crippen molar-refractivity contribution in [3.8, 4) is 5.82 Å². The number of nitrogens with zero attached hydrogens (tertiary/aromatic N) is 5. The average Bonchev–Trinajstić information content (AvgIpc) is 2.86. The molecule has 0 saturated carbocycles. The van der Waals surface area contributed by atoms with Crippen LogP contribution in [0.1, 0.15) is 18.4 Å². The van der Waals surface area contributed by atoms with Crippen LogP contribution in [0, 0.1) is 0 Å². The Morgan fingerprint density at radius 2 is 2.24 bits per heavy atom. The number of aryl methyl sites for hydroxylation is 1. The van der Waals surface area contributed by atoms with Gasteiger partial charge < -0.3 is 10.9 Å². The van der Waals surface area contributed by atoms with Crippen molar-refractivity contribution >= 4 is 5.84 Å². The van der Waals surface area contributed by atoms with E-state index in [0.29, 0.717) is 11.5 Å². The van der Waals surface area contributed by atoms with Gasteiger partial charge in [-0.1, -0.05) is 12.1 Å². The lowest BCUT2D eigenvalue weighted by atomic mass is 10.4. The number of amidine groups is 1. The highest BCUT2D eigenvalue weighted by molar-refractivity contribution is 5.94. The highest BCUT2D eigenvalue weighted by Gasteiger charge is 2.06. The number of hydrogen-bond acceptors (Lipinski definition) is 5. The number of aromatic nitrogens is 4. The molecule has 0 radical (unpaired) electrons. The molecule has 0 amide bonds. The minimum Gasteiger partial charge on any atom is -0.409 e. The van der Waals surface area contributed by atoms with Crippen LogP contribution in [0.15, 0.2) is 29.9 Å². The number of rotatable bonds is 3. The average molecular weight is 232 g/mol. The van der Waals surface area contributed by atoms with Crippen molar-refractivity contribution < 1.29 is 5.21 Å². The van der Waals surface area contributed by atoms with Crippen molar-refractivity contribution in [3.63, 3.8) is 0 Å². The van der Waals surface area contributed by atoms with Gasteiger partial charge in [0.05, 0.1) is 12.4 Å². The highest BCUT2D eigenvalue weighted by atomic mass is 16.4. The van der Waals surface area contributed by atoms with Crippen molar-refractivity contribution in [2.75, 3.05) is 0 Å². The maximum Gasteiger partial charge on any atom is 0.190 e. The minimum atomic E-state index is -0.0644. The van der Waals surface area contributed by atoms with E-state index in [9.17, 15) is 0 Å². The van der Waals surface area contributed by atoms with Crippen LogP contribution in [0.3, 0.4) is 0 Å². The first-order valence-electron chi connectivity index (χ1n) is 5.08. The van der Waals surface area contributed by atoms with Gasteiger partial charge in [0.25, 0.3) is 0 Å². The summed E-state index contributed by atoms with van der Waals surface area (Å²) in [5.41, 5.74) is 5.73. The molecule has 2 heterocycles. The normalized spacial score (nSPS) is 11.7. The zero-order valence-corrected chi connectivity index (χ0v) is 9.28. The Morgan fingerprint density at radius 1 is 1.41 bits per heavy atom. The summed E-state index contributed by atoms with van der Waals surface area (Å²) in [4.78, 5) is 12.4. The summed E-state index contributed by atoms with van der Waals surface area (Å²) in [6, 6.07) is 0. The topological polar surface area (TPSA) is 102 Å². The van der Waals surface area contributed by atoms with E-state index >= 15 is 0 Å². The third-order valence-corrected chi connectivity index (χ3v) is 2.29. The molecule has 7 nitrogen and oxygen atoms in total. The standard InChI is InChI=1S/C10H12N6O/c1-2-8-12-3-4-16(8)9-6-13-7(5-14-9)10(11)15-17/h3-6,17H,2H2,1H3,(H2,11,15). The van der Waals surface area contributed by atoms with Gasteiger partial charge in [0.1, 0.15) is 11.5 Å². The number of nitrogens with two attached hydrogens (primary N) is 1. The first-order valence-corrected chi connectivity index (χ1v) is 5.08. The van der Waals surface area contributed by atoms with Crippen molar-refractivity contribution in [2.45, 2.75) is 13.3 Å². The van der Waals surface area contributed by atoms with E-state index in [1.807, 2.05) is 17.7 Å². The quantitative estimate of drug-likeness (QED) is 0.343. The number of oxime groups is 1. The maximum atomic E-state index is 8.50. The summed E-state index contributed by atoms with van der Waals surface area (Å²) in [6.45, 7) is 2.01. The summed E-state index contributed by atoms with van der Waals surface area (Å²) in [6.07, 6.45) is 7.32. The van der Waals surface area contributed by atoms with Gasteiger partial charge in [-0.25, -0.2) is 15.0 Å². The van der Waals surface area contributed by atoms with Crippen molar-refractivity contribution in [1.82, 2.24) is 19.5 Å². The fraction of sp³-hybridized carbons (Fsp3) is 0.200. The molecule has 17 heavy (non-hydrogen) atoms. The molecule has 0 saturated heterocycles. The third-order valence-electron chi connectivity index (χ3n) is 2.29. The molecule has 2 aromatic rings. The largest absolute Gasteiger partial charge is 0.409 e. The second-order valence-corrected chi connectivity index (χ2v) is 3.31. The first kappa shape index (κ1) is 11.1.